The number of aryl methyl sites for hydroxylation is 2. The number of nitrogens with zero attached hydrogens (tertiary/aromatic N) is 2. The lowest BCUT2D eigenvalue weighted by Crippen LogP contribution is -2.51. The molecule has 1 saturated heterocycles. The summed E-state index contributed by atoms with van der Waals surface area (Å²) in [6, 6.07) is -0.662. The second-order valence-electron chi connectivity index (χ2n) is 7.21. The Hall–Kier alpha value is -2.91. The number of ether oxygens (including phenoxy) is 1. The van der Waals surface area contributed by atoms with E-state index in [4.69, 9.17) is 9.26 Å². The van der Waals surface area contributed by atoms with Crippen LogP contribution in [0.2, 0.25) is 0 Å². The van der Waals surface area contributed by atoms with Crippen LogP contribution in [0.1, 0.15) is 55.5 Å². The second kappa shape index (κ2) is 7.99. The van der Waals surface area contributed by atoms with Crippen LogP contribution in [-0.2, 0) is 25.5 Å². The maximum Gasteiger partial charge on any atom is 0.344 e. The zero-order chi connectivity index (χ0) is 20.3. The van der Waals surface area contributed by atoms with Gasteiger partial charge in [-0.15, -0.1) is 0 Å². The first-order chi connectivity index (χ1) is 13.3. The minimum absolute atomic E-state index is 0.0580. The molecule has 1 aromatic rings. The number of aromatic nitrogens is 1. The van der Waals surface area contributed by atoms with Crippen molar-refractivity contribution >= 4 is 23.8 Å². The Morgan fingerprint density at radius 2 is 1.96 bits per heavy atom. The van der Waals surface area contributed by atoms with Gasteiger partial charge in [-0.05, 0) is 33.1 Å². The van der Waals surface area contributed by atoms with Gasteiger partial charge < -0.3 is 14.6 Å². The summed E-state index contributed by atoms with van der Waals surface area (Å²) in [5.41, 5.74) is 2.84. The average Bonchev–Trinajstić information content (AvgIpc) is 3.10. The molecule has 1 spiro atoms. The van der Waals surface area contributed by atoms with Crippen molar-refractivity contribution in [1.82, 2.24) is 20.9 Å². The van der Waals surface area contributed by atoms with Crippen LogP contribution in [0.15, 0.2) is 4.52 Å². The number of urea groups is 1. The van der Waals surface area contributed by atoms with Crippen LogP contribution < -0.4 is 10.7 Å². The Labute approximate surface area is 161 Å². The monoisotopic (exact) mass is 392 g/mol. The molecule has 0 unspecified atom stereocenters. The number of amides is 4. The van der Waals surface area contributed by atoms with Crippen LogP contribution in [0.4, 0.5) is 4.79 Å². The molecule has 2 N–H and O–H groups in total. The summed E-state index contributed by atoms with van der Waals surface area (Å²) in [4.78, 5) is 48.5. The van der Waals surface area contributed by atoms with Crippen LogP contribution in [0.3, 0.4) is 0 Å². The van der Waals surface area contributed by atoms with E-state index in [0.29, 0.717) is 35.7 Å². The largest absolute Gasteiger partial charge is 0.455 e. The highest BCUT2D eigenvalue weighted by atomic mass is 16.5. The summed E-state index contributed by atoms with van der Waals surface area (Å²) in [5, 5.41) is 7.18. The summed E-state index contributed by atoms with van der Waals surface area (Å²) in [5.74, 6) is -1.15. The van der Waals surface area contributed by atoms with E-state index in [2.05, 4.69) is 15.9 Å². The van der Waals surface area contributed by atoms with Crippen LogP contribution in [-0.4, -0.2) is 46.1 Å². The normalized spacial score (nSPS) is 18.3. The van der Waals surface area contributed by atoms with Crippen molar-refractivity contribution in [1.29, 1.82) is 0 Å². The minimum Gasteiger partial charge on any atom is -0.455 e. The fourth-order valence-electron chi connectivity index (χ4n) is 3.68. The second-order valence-corrected chi connectivity index (χ2v) is 7.21. The summed E-state index contributed by atoms with van der Waals surface area (Å²) in [6.45, 7) is 2.96. The van der Waals surface area contributed by atoms with E-state index < -0.39 is 36.0 Å². The SMILES string of the molecule is Cc1noc(C)c1CCC(=O)OCC(=O)NN1C(=O)NC2(CCCCC2)C1=O. The van der Waals surface area contributed by atoms with Crippen LogP contribution in [0.5, 0.6) is 0 Å². The van der Waals surface area contributed by atoms with Crippen molar-refractivity contribution in [3.8, 4) is 0 Å². The van der Waals surface area contributed by atoms with E-state index in [1.165, 1.54) is 0 Å². The number of nitrogens with one attached hydrogen (secondary N) is 2. The van der Waals surface area contributed by atoms with Crippen molar-refractivity contribution in [3.05, 3.63) is 17.0 Å². The summed E-state index contributed by atoms with van der Waals surface area (Å²) in [6.07, 6.45) is 4.26. The van der Waals surface area contributed by atoms with E-state index in [0.717, 1.165) is 24.8 Å². The van der Waals surface area contributed by atoms with Gasteiger partial charge in [0.25, 0.3) is 11.8 Å². The molecule has 152 valence electrons. The lowest BCUT2D eigenvalue weighted by molar-refractivity contribution is -0.150. The first-order valence-corrected chi connectivity index (χ1v) is 9.36. The number of carbonyl (C=O) groups excluding carboxylic acids is 4. The summed E-state index contributed by atoms with van der Waals surface area (Å²) >= 11 is 0. The highest BCUT2D eigenvalue weighted by Gasteiger charge is 2.52. The van der Waals surface area contributed by atoms with Gasteiger partial charge >= 0.3 is 12.0 Å². The smallest absolute Gasteiger partial charge is 0.344 e. The van der Waals surface area contributed by atoms with Crippen LogP contribution in [0.25, 0.3) is 0 Å². The van der Waals surface area contributed by atoms with Crippen LogP contribution >= 0.6 is 0 Å². The lowest BCUT2D eigenvalue weighted by Gasteiger charge is -2.30. The van der Waals surface area contributed by atoms with Gasteiger partial charge in [0.2, 0.25) is 0 Å². The van der Waals surface area contributed by atoms with Gasteiger partial charge in [-0.2, -0.15) is 5.01 Å². The molecule has 1 aliphatic heterocycles. The van der Waals surface area contributed by atoms with Gasteiger partial charge in [0.05, 0.1) is 5.69 Å². The molecule has 0 aromatic carbocycles. The zero-order valence-corrected chi connectivity index (χ0v) is 16.0. The third kappa shape index (κ3) is 4.00. The van der Waals surface area contributed by atoms with E-state index in [1.807, 2.05) is 0 Å². The first kappa shape index (κ1) is 19.8. The molecule has 2 fully saturated rings. The Balaban J connectivity index is 1.46. The Kier molecular flexibility index (Phi) is 5.66. The molecule has 0 radical (unpaired) electrons. The van der Waals surface area contributed by atoms with Crippen molar-refractivity contribution < 1.29 is 28.4 Å². The predicted octanol–water partition coefficient (Wildman–Crippen LogP) is 1.05. The first-order valence-electron chi connectivity index (χ1n) is 9.36. The molecular formula is C18H24N4O6. The Morgan fingerprint density at radius 3 is 2.61 bits per heavy atom. The molecule has 0 bridgehead atoms. The maximum absolute atomic E-state index is 12.6. The third-order valence-electron chi connectivity index (χ3n) is 5.23. The van der Waals surface area contributed by atoms with Crippen molar-refractivity contribution in [2.75, 3.05) is 6.61 Å². The number of rotatable bonds is 6. The zero-order valence-electron chi connectivity index (χ0n) is 16.0. The topological polar surface area (TPSA) is 131 Å². The highest BCUT2D eigenvalue weighted by Crippen LogP contribution is 2.32. The van der Waals surface area contributed by atoms with Crippen LogP contribution in [0, 0.1) is 13.8 Å². The number of imide groups is 1. The Morgan fingerprint density at radius 1 is 1.25 bits per heavy atom. The van der Waals surface area contributed by atoms with E-state index in [9.17, 15) is 19.2 Å². The molecule has 10 nitrogen and oxygen atoms in total. The number of carbonyl (C=O) groups is 4. The predicted molar refractivity (Wildman–Crippen MR) is 94.6 cm³/mol. The van der Waals surface area contributed by atoms with Gasteiger partial charge in [0, 0.05) is 12.0 Å². The van der Waals surface area contributed by atoms with E-state index in [-0.39, 0.29) is 6.42 Å². The number of esters is 1. The molecular weight excluding hydrogens is 368 g/mol. The molecule has 3 rings (SSSR count). The standard InChI is InChI=1S/C18H24N4O6/c1-11-13(12(2)28-21-11)6-7-15(24)27-10-14(23)20-22-16(25)18(19-17(22)26)8-4-3-5-9-18/h3-10H2,1-2H3,(H,19,26)(H,20,23). The molecule has 1 aliphatic carbocycles. The molecule has 2 heterocycles. The molecule has 0 atom stereocenters. The molecule has 1 aromatic heterocycles. The molecule has 28 heavy (non-hydrogen) atoms. The highest BCUT2D eigenvalue weighted by molar-refractivity contribution is 6.08. The average molecular weight is 392 g/mol. The van der Waals surface area contributed by atoms with Crippen molar-refractivity contribution in [3.63, 3.8) is 0 Å². The summed E-state index contributed by atoms with van der Waals surface area (Å²) < 4.78 is 9.95. The molecule has 4 amide bonds. The lowest BCUT2D eigenvalue weighted by atomic mass is 9.82. The van der Waals surface area contributed by atoms with E-state index in [1.54, 1.807) is 13.8 Å². The maximum atomic E-state index is 12.6. The third-order valence-corrected chi connectivity index (χ3v) is 5.23. The van der Waals surface area contributed by atoms with Gasteiger partial charge in [0.1, 0.15) is 11.3 Å². The summed E-state index contributed by atoms with van der Waals surface area (Å²) in [7, 11) is 0. The number of hydrogen-bond donors (Lipinski definition) is 2. The van der Waals surface area contributed by atoms with Gasteiger partial charge in [0.15, 0.2) is 6.61 Å². The molecule has 2 aliphatic rings. The quantitative estimate of drug-likeness (QED) is 0.546. The number of hydrazine groups is 1. The number of hydrogen-bond acceptors (Lipinski definition) is 7. The molecule has 1 saturated carbocycles. The van der Waals surface area contributed by atoms with Crippen molar-refractivity contribution in [2.24, 2.45) is 0 Å². The Bertz CT molecular complexity index is 776. The molecule has 10 heteroatoms. The van der Waals surface area contributed by atoms with Gasteiger partial charge in [-0.1, -0.05) is 24.4 Å². The van der Waals surface area contributed by atoms with E-state index >= 15 is 0 Å². The van der Waals surface area contributed by atoms with Gasteiger partial charge in [-0.3, -0.25) is 19.8 Å². The fraction of sp³-hybridized carbons (Fsp3) is 0.611. The fourth-order valence-corrected chi connectivity index (χ4v) is 3.68. The van der Waals surface area contributed by atoms with Gasteiger partial charge in [-0.25, -0.2) is 4.79 Å². The van der Waals surface area contributed by atoms with Crippen molar-refractivity contribution in [2.45, 2.75) is 64.3 Å². The minimum atomic E-state index is -0.923.